The van der Waals surface area contributed by atoms with Gasteiger partial charge in [-0.05, 0) is 18.9 Å². The van der Waals surface area contributed by atoms with Gasteiger partial charge in [0.25, 0.3) is 0 Å². The molecule has 2 aromatic heterocycles. The molecule has 0 amide bonds. The van der Waals surface area contributed by atoms with Crippen LogP contribution in [-0.4, -0.2) is 32.5 Å². The van der Waals surface area contributed by atoms with Crippen LogP contribution >= 0.6 is 34.7 Å². The summed E-state index contributed by atoms with van der Waals surface area (Å²) in [5, 5.41) is 13.5. The normalized spacial score (nSPS) is 16.9. The molecule has 5 nitrogen and oxygen atoms in total. The lowest BCUT2D eigenvalue weighted by Gasteiger charge is -2.13. The van der Waals surface area contributed by atoms with E-state index in [0.29, 0.717) is 0 Å². The molecule has 8 heteroatoms. The Balaban J connectivity index is 1.46. The molecule has 1 aliphatic rings. The van der Waals surface area contributed by atoms with E-state index in [2.05, 4.69) is 27.1 Å². The van der Waals surface area contributed by atoms with Crippen LogP contribution < -0.4 is 0 Å². The van der Waals surface area contributed by atoms with Crippen molar-refractivity contribution in [1.29, 1.82) is 0 Å². The minimum Gasteiger partial charge on any atom is -0.376 e. The molecule has 3 aromatic rings. The molecule has 1 atom stereocenters. The van der Waals surface area contributed by atoms with E-state index >= 15 is 0 Å². The molecule has 3 heterocycles. The maximum Gasteiger partial charge on any atom is 0.191 e. The number of thiazole rings is 1. The lowest BCUT2D eigenvalue weighted by molar-refractivity contribution is 0.0942. The highest BCUT2D eigenvalue weighted by Crippen LogP contribution is 2.32. The second-order valence-corrected chi connectivity index (χ2v) is 8.62. The van der Waals surface area contributed by atoms with Gasteiger partial charge >= 0.3 is 0 Å². The van der Waals surface area contributed by atoms with Gasteiger partial charge in [-0.15, -0.1) is 21.5 Å². The van der Waals surface area contributed by atoms with Crippen LogP contribution in [0.5, 0.6) is 0 Å². The first-order chi connectivity index (χ1) is 13.2. The van der Waals surface area contributed by atoms with Crippen molar-refractivity contribution in [3.63, 3.8) is 0 Å². The van der Waals surface area contributed by atoms with Gasteiger partial charge in [0.15, 0.2) is 5.16 Å². The van der Waals surface area contributed by atoms with Crippen LogP contribution in [0.2, 0.25) is 5.02 Å². The molecule has 1 saturated heterocycles. The van der Waals surface area contributed by atoms with Crippen LogP contribution in [0.4, 0.5) is 0 Å². The van der Waals surface area contributed by atoms with Crippen LogP contribution in [0.3, 0.4) is 0 Å². The SMILES string of the molecule is CCc1nnc(SCc2csc(-c3ccccc3Cl)n2)n1CC1CCCO1. The third kappa shape index (κ3) is 4.37. The number of benzene rings is 1. The number of rotatable bonds is 7. The predicted molar refractivity (Wildman–Crippen MR) is 110 cm³/mol. The Morgan fingerprint density at radius 2 is 2.22 bits per heavy atom. The van der Waals surface area contributed by atoms with Crippen molar-refractivity contribution in [2.45, 2.75) is 49.7 Å². The number of aryl methyl sites for hydroxylation is 1. The Kier molecular flexibility index (Phi) is 6.12. The Bertz CT molecular complexity index is 905. The standard InChI is InChI=1S/C19H21ClN4OS2/c1-2-17-22-23-19(24(17)10-14-6-5-9-25-14)27-12-13-11-26-18(21-13)15-7-3-4-8-16(15)20/h3-4,7-8,11,14H,2,5-6,9-10,12H2,1H3. The first-order valence-corrected chi connectivity index (χ1v) is 11.3. The van der Waals surface area contributed by atoms with Gasteiger partial charge < -0.3 is 9.30 Å². The molecular formula is C19H21ClN4OS2. The van der Waals surface area contributed by atoms with E-state index in [0.717, 1.165) is 70.4 Å². The van der Waals surface area contributed by atoms with E-state index in [1.54, 1.807) is 23.1 Å². The van der Waals surface area contributed by atoms with Gasteiger partial charge in [-0.2, -0.15) is 0 Å². The van der Waals surface area contributed by atoms with E-state index < -0.39 is 0 Å². The van der Waals surface area contributed by atoms with Crippen molar-refractivity contribution in [3.8, 4) is 10.6 Å². The van der Waals surface area contributed by atoms with Crippen molar-refractivity contribution in [3.05, 3.63) is 46.2 Å². The van der Waals surface area contributed by atoms with Crippen molar-refractivity contribution < 1.29 is 4.74 Å². The van der Waals surface area contributed by atoms with Gasteiger partial charge in [-0.3, -0.25) is 0 Å². The molecule has 0 aliphatic carbocycles. The monoisotopic (exact) mass is 420 g/mol. The summed E-state index contributed by atoms with van der Waals surface area (Å²) in [5.41, 5.74) is 2.01. The Morgan fingerprint density at radius 3 is 3.00 bits per heavy atom. The topological polar surface area (TPSA) is 52.8 Å². The Labute approximate surface area is 172 Å². The highest BCUT2D eigenvalue weighted by molar-refractivity contribution is 7.98. The Morgan fingerprint density at radius 1 is 1.33 bits per heavy atom. The molecule has 1 aliphatic heterocycles. The van der Waals surface area contributed by atoms with Gasteiger partial charge in [0.2, 0.25) is 0 Å². The third-order valence-corrected chi connectivity index (χ3v) is 6.78. The summed E-state index contributed by atoms with van der Waals surface area (Å²) in [6.45, 7) is 3.81. The van der Waals surface area contributed by atoms with Crippen LogP contribution in [0.1, 0.15) is 31.3 Å². The van der Waals surface area contributed by atoms with E-state index in [1.807, 2.05) is 24.3 Å². The number of hydrogen-bond donors (Lipinski definition) is 0. The summed E-state index contributed by atoms with van der Waals surface area (Å²) in [6.07, 6.45) is 3.39. The zero-order valence-electron chi connectivity index (χ0n) is 15.1. The van der Waals surface area contributed by atoms with Crippen LogP contribution in [0.25, 0.3) is 10.6 Å². The first kappa shape index (κ1) is 18.9. The fourth-order valence-corrected chi connectivity index (χ4v) is 5.24. The molecular weight excluding hydrogens is 400 g/mol. The molecule has 0 spiro atoms. The minimum absolute atomic E-state index is 0.275. The maximum absolute atomic E-state index is 6.29. The second-order valence-electron chi connectivity index (χ2n) is 6.41. The number of halogens is 1. The van der Waals surface area contributed by atoms with Gasteiger partial charge in [0.1, 0.15) is 10.8 Å². The number of nitrogens with zero attached hydrogens (tertiary/aromatic N) is 4. The van der Waals surface area contributed by atoms with Crippen molar-refractivity contribution in [1.82, 2.24) is 19.7 Å². The fraction of sp³-hybridized carbons (Fsp3) is 0.421. The average Bonchev–Trinajstić information content (AvgIpc) is 3.42. The molecule has 142 valence electrons. The largest absolute Gasteiger partial charge is 0.376 e. The van der Waals surface area contributed by atoms with E-state index in [-0.39, 0.29) is 6.10 Å². The first-order valence-electron chi connectivity index (χ1n) is 9.10. The third-order valence-electron chi connectivity index (χ3n) is 4.53. The lowest BCUT2D eigenvalue weighted by Crippen LogP contribution is -2.17. The second kappa shape index (κ2) is 8.73. The van der Waals surface area contributed by atoms with Crippen LogP contribution in [0, 0.1) is 0 Å². The molecule has 0 N–H and O–H groups in total. The predicted octanol–water partition coefficient (Wildman–Crippen LogP) is 5.09. The average molecular weight is 421 g/mol. The van der Waals surface area contributed by atoms with Gasteiger partial charge in [-0.25, -0.2) is 4.98 Å². The molecule has 1 aromatic carbocycles. The molecule has 0 bridgehead atoms. The summed E-state index contributed by atoms with van der Waals surface area (Å²) in [4.78, 5) is 4.75. The van der Waals surface area contributed by atoms with Crippen molar-refractivity contribution in [2.75, 3.05) is 6.61 Å². The highest BCUT2D eigenvalue weighted by atomic mass is 35.5. The zero-order valence-corrected chi connectivity index (χ0v) is 17.5. The quantitative estimate of drug-likeness (QED) is 0.498. The van der Waals surface area contributed by atoms with Gasteiger partial charge in [0.05, 0.1) is 23.4 Å². The molecule has 1 unspecified atom stereocenters. The summed E-state index contributed by atoms with van der Waals surface area (Å²) in [7, 11) is 0. The van der Waals surface area contributed by atoms with Crippen molar-refractivity contribution >= 4 is 34.7 Å². The lowest BCUT2D eigenvalue weighted by atomic mass is 10.2. The van der Waals surface area contributed by atoms with Gasteiger partial charge in [0, 0.05) is 29.7 Å². The summed E-state index contributed by atoms with van der Waals surface area (Å²) in [6, 6.07) is 7.82. The van der Waals surface area contributed by atoms with Gasteiger partial charge in [-0.1, -0.05) is 48.5 Å². The van der Waals surface area contributed by atoms with E-state index in [1.165, 1.54) is 0 Å². The zero-order chi connectivity index (χ0) is 18.6. The summed E-state index contributed by atoms with van der Waals surface area (Å²) in [5.74, 6) is 1.77. The van der Waals surface area contributed by atoms with Crippen molar-refractivity contribution in [2.24, 2.45) is 0 Å². The number of hydrogen-bond acceptors (Lipinski definition) is 6. The number of thioether (sulfide) groups is 1. The Hall–Kier alpha value is -1.41. The summed E-state index contributed by atoms with van der Waals surface area (Å²) < 4.78 is 8.01. The highest BCUT2D eigenvalue weighted by Gasteiger charge is 2.20. The molecule has 4 rings (SSSR count). The van der Waals surface area contributed by atoms with Crippen LogP contribution in [0.15, 0.2) is 34.8 Å². The molecule has 0 radical (unpaired) electrons. The molecule has 0 saturated carbocycles. The minimum atomic E-state index is 0.275. The number of aromatic nitrogens is 4. The fourth-order valence-electron chi connectivity index (χ4n) is 3.13. The van der Waals surface area contributed by atoms with Crippen LogP contribution in [-0.2, 0) is 23.5 Å². The summed E-state index contributed by atoms with van der Waals surface area (Å²) >= 11 is 9.59. The van der Waals surface area contributed by atoms with E-state index in [4.69, 9.17) is 21.3 Å². The number of ether oxygens (including phenoxy) is 1. The smallest absolute Gasteiger partial charge is 0.191 e. The maximum atomic E-state index is 6.29. The van der Waals surface area contributed by atoms with E-state index in [9.17, 15) is 0 Å². The molecule has 27 heavy (non-hydrogen) atoms. The molecule has 1 fully saturated rings.